The first-order chi connectivity index (χ1) is 19.2. The standard InChI is InChI=1S/C27H30ClN7O5/c1-17(36)34-12-10-18(11-13-34)14-23(26(38)30-22-6-2-19(3-7-22)27(39)40)31-25(37)9-4-20-15-21(28)5-8-24(20)35-16-29-32-33-35/h2-9,15-16,18,23,32-33H,10-14H2,1H3,(H,30,38)(H,31,37)(H,39,40)/b9-4+/t23-/m0/s1. The molecule has 0 saturated carbocycles. The molecule has 0 aliphatic carbocycles. The van der Waals surface area contributed by atoms with E-state index in [2.05, 4.69) is 26.8 Å². The number of piperidine rings is 1. The second-order valence-corrected chi connectivity index (χ2v) is 9.93. The summed E-state index contributed by atoms with van der Waals surface area (Å²) >= 11 is 6.17. The van der Waals surface area contributed by atoms with Gasteiger partial charge < -0.3 is 20.6 Å². The van der Waals surface area contributed by atoms with Crippen LogP contribution in [0.2, 0.25) is 5.02 Å². The van der Waals surface area contributed by atoms with Crippen LogP contribution in [0.1, 0.15) is 42.1 Å². The van der Waals surface area contributed by atoms with Gasteiger partial charge >= 0.3 is 5.97 Å². The highest BCUT2D eigenvalue weighted by Gasteiger charge is 2.28. The zero-order valence-corrected chi connectivity index (χ0v) is 22.5. The smallest absolute Gasteiger partial charge is 0.335 e. The number of hydrazone groups is 1. The van der Waals surface area contributed by atoms with Crippen LogP contribution in [0.3, 0.4) is 0 Å². The van der Waals surface area contributed by atoms with Crippen molar-refractivity contribution < 1.29 is 24.3 Å². The molecule has 0 aromatic heterocycles. The van der Waals surface area contributed by atoms with Crippen LogP contribution < -0.4 is 26.7 Å². The fourth-order valence-corrected chi connectivity index (χ4v) is 4.74. The van der Waals surface area contributed by atoms with Crippen molar-refractivity contribution in [2.45, 2.75) is 32.2 Å². The molecule has 1 atom stereocenters. The molecule has 40 heavy (non-hydrogen) atoms. The summed E-state index contributed by atoms with van der Waals surface area (Å²) in [5.74, 6) is -1.83. The highest BCUT2D eigenvalue weighted by molar-refractivity contribution is 6.30. The predicted octanol–water partition coefficient (Wildman–Crippen LogP) is 2.60. The average molecular weight is 568 g/mol. The van der Waals surface area contributed by atoms with Crippen molar-refractivity contribution in [2.24, 2.45) is 11.0 Å². The maximum Gasteiger partial charge on any atom is 0.335 e. The van der Waals surface area contributed by atoms with Crippen molar-refractivity contribution in [1.29, 1.82) is 0 Å². The molecule has 2 aromatic rings. The van der Waals surface area contributed by atoms with Gasteiger partial charge in [0, 0.05) is 42.4 Å². The summed E-state index contributed by atoms with van der Waals surface area (Å²) in [6.45, 7) is 2.73. The van der Waals surface area contributed by atoms with Crippen LogP contribution in [-0.2, 0) is 14.4 Å². The number of hydrogen-bond acceptors (Lipinski definition) is 8. The van der Waals surface area contributed by atoms with Crippen LogP contribution in [0.25, 0.3) is 6.08 Å². The monoisotopic (exact) mass is 567 g/mol. The quantitative estimate of drug-likeness (QED) is 0.290. The second kappa shape index (κ2) is 13.1. The molecule has 0 radical (unpaired) electrons. The molecular formula is C27H30ClN7O5. The molecule has 2 heterocycles. The maximum atomic E-state index is 13.3. The first-order valence-electron chi connectivity index (χ1n) is 12.7. The van der Waals surface area contributed by atoms with Gasteiger partial charge in [0.25, 0.3) is 0 Å². The largest absolute Gasteiger partial charge is 0.478 e. The number of nitrogens with zero attached hydrogens (tertiary/aromatic N) is 3. The number of rotatable bonds is 9. The fourth-order valence-electron chi connectivity index (χ4n) is 4.56. The molecule has 2 aliphatic heterocycles. The number of carboxylic acid groups (broad SMARTS) is 1. The first-order valence-corrected chi connectivity index (χ1v) is 13.1. The maximum absolute atomic E-state index is 13.3. The summed E-state index contributed by atoms with van der Waals surface area (Å²) in [6.07, 6.45) is 6.26. The van der Waals surface area contributed by atoms with Gasteiger partial charge in [-0.2, -0.15) is 5.10 Å². The number of carbonyl (C=O) groups excluding carboxylic acids is 3. The molecule has 1 saturated heterocycles. The van der Waals surface area contributed by atoms with Crippen molar-refractivity contribution in [3.8, 4) is 0 Å². The zero-order chi connectivity index (χ0) is 28.6. The van der Waals surface area contributed by atoms with E-state index >= 15 is 0 Å². The Morgan fingerprint density at radius 2 is 1.88 bits per heavy atom. The molecule has 2 aliphatic rings. The van der Waals surface area contributed by atoms with Gasteiger partial charge in [-0.05, 0) is 73.7 Å². The van der Waals surface area contributed by atoms with Gasteiger partial charge in [-0.3, -0.25) is 14.4 Å². The highest BCUT2D eigenvalue weighted by atomic mass is 35.5. The minimum Gasteiger partial charge on any atom is -0.478 e. The number of nitrogens with one attached hydrogen (secondary N) is 4. The van der Waals surface area contributed by atoms with Crippen molar-refractivity contribution >= 4 is 59.1 Å². The lowest BCUT2D eigenvalue weighted by atomic mass is 9.89. The summed E-state index contributed by atoms with van der Waals surface area (Å²) in [4.78, 5) is 50.9. The summed E-state index contributed by atoms with van der Waals surface area (Å²) < 4.78 is 0. The molecule has 5 N–H and O–H groups in total. The number of amides is 3. The molecule has 0 spiro atoms. The minimum absolute atomic E-state index is 0.0163. The van der Waals surface area contributed by atoms with Crippen molar-refractivity contribution in [2.75, 3.05) is 23.4 Å². The lowest BCUT2D eigenvalue weighted by molar-refractivity contribution is -0.130. The van der Waals surface area contributed by atoms with E-state index in [1.165, 1.54) is 43.6 Å². The number of halogens is 1. The van der Waals surface area contributed by atoms with E-state index < -0.39 is 23.8 Å². The third-order valence-electron chi connectivity index (χ3n) is 6.73. The Morgan fingerprint density at radius 3 is 2.50 bits per heavy atom. The molecule has 1 fully saturated rings. The topological polar surface area (TPSA) is 155 Å². The molecule has 210 valence electrons. The van der Waals surface area contributed by atoms with E-state index in [0.29, 0.717) is 54.3 Å². The van der Waals surface area contributed by atoms with Gasteiger partial charge in [-0.15, -0.1) is 5.53 Å². The summed E-state index contributed by atoms with van der Waals surface area (Å²) in [5.41, 5.74) is 7.27. The lowest BCUT2D eigenvalue weighted by Gasteiger charge is -2.33. The van der Waals surface area contributed by atoms with Crippen molar-refractivity contribution in [3.05, 3.63) is 64.7 Å². The average Bonchev–Trinajstić information content (AvgIpc) is 3.47. The molecule has 12 nitrogen and oxygen atoms in total. The van der Waals surface area contributed by atoms with E-state index in [9.17, 15) is 19.2 Å². The SMILES string of the molecule is CC(=O)N1CCC(C[C@H](NC(=O)/C=C/c2cc(Cl)ccc2N2C=NNN2)C(=O)Nc2ccc(C(=O)O)cc2)CC1. The fraction of sp³-hybridized carbons (Fsp3) is 0.296. The molecule has 2 aromatic carbocycles. The van der Waals surface area contributed by atoms with Crippen molar-refractivity contribution in [3.63, 3.8) is 0 Å². The third-order valence-corrected chi connectivity index (χ3v) is 6.97. The Bertz CT molecular complexity index is 1320. The van der Waals surface area contributed by atoms with E-state index in [1.54, 1.807) is 34.2 Å². The van der Waals surface area contributed by atoms with Crippen LogP contribution >= 0.6 is 11.6 Å². The molecule has 4 rings (SSSR count). The molecule has 0 unspecified atom stereocenters. The number of carbonyl (C=O) groups is 4. The van der Waals surface area contributed by atoms with E-state index in [-0.39, 0.29) is 17.4 Å². The number of carboxylic acids is 1. The summed E-state index contributed by atoms with van der Waals surface area (Å²) in [5, 5.41) is 20.7. The summed E-state index contributed by atoms with van der Waals surface area (Å²) in [6, 6.07) is 10.1. The summed E-state index contributed by atoms with van der Waals surface area (Å²) in [7, 11) is 0. The number of benzene rings is 2. The predicted molar refractivity (Wildman–Crippen MR) is 151 cm³/mol. The van der Waals surface area contributed by atoms with Crippen LogP contribution in [-0.4, -0.2) is 59.2 Å². The Kier molecular flexibility index (Phi) is 9.35. The Labute approximate surface area is 236 Å². The Balaban J connectivity index is 1.47. The zero-order valence-electron chi connectivity index (χ0n) is 21.8. The van der Waals surface area contributed by atoms with Crippen molar-refractivity contribution in [1.82, 2.24) is 21.3 Å². The van der Waals surface area contributed by atoms with Crippen LogP contribution in [0, 0.1) is 5.92 Å². The second-order valence-electron chi connectivity index (χ2n) is 9.49. The molecule has 3 amide bonds. The number of anilines is 2. The number of likely N-dealkylation sites (tertiary alicyclic amines) is 1. The number of aromatic carboxylic acids is 1. The van der Waals surface area contributed by atoms with Gasteiger partial charge in [0.15, 0.2) is 0 Å². The van der Waals surface area contributed by atoms with Gasteiger partial charge in [0.05, 0.1) is 11.3 Å². The van der Waals surface area contributed by atoms with Crippen LogP contribution in [0.15, 0.2) is 53.6 Å². The number of hydrogen-bond donors (Lipinski definition) is 5. The van der Waals surface area contributed by atoms with Crippen LogP contribution in [0.5, 0.6) is 0 Å². The van der Waals surface area contributed by atoms with E-state index in [4.69, 9.17) is 16.7 Å². The minimum atomic E-state index is -1.07. The Hall–Kier alpha value is -4.42. The molecule has 13 heteroatoms. The van der Waals surface area contributed by atoms with E-state index in [0.717, 1.165) is 0 Å². The normalized spacial score (nSPS) is 16.1. The molecule has 0 bridgehead atoms. The Morgan fingerprint density at radius 1 is 1.15 bits per heavy atom. The van der Waals surface area contributed by atoms with Gasteiger partial charge in [0.1, 0.15) is 12.4 Å². The number of hydrazine groups is 2. The van der Waals surface area contributed by atoms with E-state index in [1.807, 2.05) is 0 Å². The van der Waals surface area contributed by atoms with Gasteiger partial charge in [-0.25, -0.2) is 15.3 Å². The first kappa shape index (κ1) is 28.6. The third kappa shape index (κ3) is 7.58. The molecular weight excluding hydrogens is 538 g/mol. The lowest BCUT2D eigenvalue weighted by Crippen LogP contribution is -2.46. The van der Waals surface area contributed by atoms with Gasteiger partial charge in [0.2, 0.25) is 17.7 Å². The van der Waals surface area contributed by atoms with Crippen LogP contribution in [0.4, 0.5) is 11.4 Å². The van der Waals surface area contributed by atoms with Gasteiger partial charge in [-0.1, -0.05) is 11.6 Å². The highest BCUT2D eigenvalue weighted by Crippen LogP contribution is 2.25.